The van der Waals surface area contributed by atoms with Crippen LogP contribution in [0.3, 0.4) is 0 Å². The Balaban J connectivity index is 1.56. The zero-order valence-corrected chi connectivity index (χ0v) is 19.5. The van der Waals surface area contributed by atoms with Crippen LogP contribution in [0, 0.1) is 11.3 Å². The standard InChI is InChI=1S/C27H28N4O4/c1-35-27(34)22(15-17-4-2-5-20(14-17)25(28)29)23-6-3-13-31(23)26(33)19-9-7-18(8-10-19)21-11-12-24(32)30-16-21/h2,4-5,7-12,14,16,22-23H,3,6,13,15H2,1H3,(H3,28,29)(H,30,32)/t22-,23?/m1/s1. The van der Waals surface area contributed by atoms with Crippen molar-refractivity contribution in [2.24, 2.45) is 11.7 Å². The number of ether oxygens (including phenoxy) is 1. The number of pyridine rings is 1. The summed E-state index contributed by atoms with van der Waals surface area (Å²) in [6.07, 6.45) is 3.52. The third-order valence-electron chi connectivity index (χ3n) is 6.47. The lowest BCUT2D eigenvalue weighted by Gasteiger charge is -2.30. The second-order valence-corrected chi connectivity index (χ2v) is 8.67. The molecule has 4 rings (SSSR count). The fourth-order valence-electron chi connectivity index (χ4n) is 4.67. The van der Waals surface area contributed by atoms with E-state index in [2.05, 4.69) is 4.98 Å². The van der Waals surface area contributed by atoms with E-state index in [1.807, 2.05) is 24.3 Å². The number of benzene rings is 2. The molecule has 1 unspecified atom stereocenters. The Morgan fingerprint density at radius 2 is 1.86 bits per heavy atom. The number of amides is 1. The summed E-state index contributed by atoms with van der Waals surface area (Å²) in [5.41, 5.74) is 9.17. The van der Waals surface area contributed by atoms with Crippen molar-refractivity contribution < 1.29 is 14.3 Å². The predicted octanol–water partition coefficient (Wildman–Crippen LogP) is 2.96. The molecule has 0 spiro atoms. The first-order valence-corrected chi connectivity index (χ1v) is 11.5. The van der Waals surface area contributed by atoms with Gasteiger partial charge in [0.15, 0.2) is 0 Å². The van der Waals surface area contributed by atoms with Crippen LogP contribution in [0.2, 0.25) is 0 Å². The zero-order chi connectivity index (χ0) is 24.9. The average molecular weight is 473 g/mol. The molecular weight excluding hydrogens is 444 g/mol. The van der Waals surface area contributed by atoms with Crippen LogP contribution in [0.5, 0.6) is 0 Å². The lowest BCUT2D eigenvalue weighted by Crippen LogP contribution is -2.44. The molecule has 1 saturated heterocycles. The lowest BCUT2D eigenvalue weighted by atomic mass is 9.89. The average Bonchev–Trinajstić information content (AvgIpc) is 3.36. The summed E-state index contributed by atoms with van der Waals surface area (Å²) < 4.78 is 5.11. The molecule has 3 aromatic rings. The Morgan fingerprint density at radius 3 is 2.51 bits per heavy atom. The molecule has 35 heavy (non-hydrogen) atoms. The monoisotopic (exact) mass is 472 g/mol. The first-order valence-electron chi connectivity index (χ1n) is 11.5. The number of aromatic nitrogens is 1. The van der Waals surface area contributed by atoms with Crippen molar-refractivity contribution in [3.63, 3.8) is 0 Å². The first-order chi connectivity index (χ1) is 16.9. The Bertz CT molecular complexity index is 1280. The Kier molecular flexibility index (Phi) is 7.10. The maximum atomic E-state index is 13.4. The van der Waals surface area contributed by atoms with E-state index in [9.17, 15) is 14.4 Å². The third kappa shape index (κ3) is 5.32. The van der Waals surface area contributed by atoms with E-state index in [-0.39, 0.29) is 29.3 Å². The molecule has 0 aliphatic carbocycles. The molecule has 2 aromatic carbocycles. The predicted molar refractivity (Wildman–Crippen MR) is 133 cm³/mol. The van der Waals surface area contributed by atoms with E-state index in [0.717, 1.165) is 23.1 Å². The maximum Gasteiger partial charge on any atom is 0.311 e. The number of nitrogens with zero attached hydrogens (tertiary/aromatic N) is 1. The number of carbonyl (C=O) groups excluding carboxylic acids is 2. The van der Waals surface area contributed by atoms with Crippen LogP contribution in [0.25, 0.3) is 11.1 Å². The number of nitrogens with two attached hydrogens (primary N) is 1. The molecule has 1 aliphatic heterocycles. The number of aromatic amines is 1. The van der Waals surface area contributed by atoms with E-state index >= 15 is 0 Å². The number of carbonyl (C=O) groups is 2. The molecule has 0 bridgehead atoms. The number of esters is 1. The zero-order valence-electron chi connectivity index (χ0n) is 19.5. The summed E-state index contributed by atoms with van der Waals surface area (Å²) in [5, 5.41) is 7.68. The van der Waals surface area contributed by atoms with Crippen LogP contribution in [0.4, 0.5) is 0 Å². The van der Waals surface area contributed by atoms with Crippen molar-refractivity contribution in [2.75, 3.05) is 13.7 Å². The Labute approximate surface area is 203 Å². The summed E-state index contributed by atoms with van der Waals surface area (Å²) in [4.78, 5) is 42.0. The summed E-state index contributed by atoms with van der Waals surface area (Å²) >= 11 is 0. The van der Waals surface area contributed by atoms with Gasteiger partial charge in [-0.2, -0.15) is 0 Å². The van der Waals surface area contributed by atoms with E-state index in [4.69, 9.17) is 15.9 Å². The minimum atomic E-state index is -0.533. The van der Waals surface area contributed by atoms with Crippen molar-refractivity contribution in [1.29, 1.82) is 5.41 Å². The van der Waals surface area contributed by atoms with E-state index in [1.165, 1.54) is 13.2 Å². The number of nitrogen functional groups attached to an aromatic ring is 1. The Hall–Kier alpha value is -4.20. The summed E-state index contributed by atoms with van der Waals surface area (Å²) in [6.45, 7) is 0.562. The number of amidine groups is 1. The molecule has 0 saturated carbocycles. The summed E-state index contributed by atoms with van der Waals surface area (Å²) in [6, 6.07) is 17.4. The molecule has 1 aliphatic rings. The van der Waals surface area contributed by atoms with Crippen molar-refractivity contribution in [3.8, 4) is 11.1 Å². The largest absolute Gasteiger partial charge is 0.469 e. The highest BCUT2D eigenvalue weighted by Crippen LogP contribution is 2.30. The van der Waals surface area contributed by atoms with Crippen molar-refractivity contribution >= 4 is 17.7 Å². The van der Waals surface area contributed by atoms with Gasteiger partial charge >= 0.3 is 5.97 Å². The van der Waals surface area contributed by atoms with Gasteiger partial charge < -0.3 is 20.4 Å². The number of likely N-dealkylation sites (tertiary alicyclic amines) is 1. The van der Waals surface area contributed by atoms with Crippen LogP contribution >= 0.6 is 0 Å². The van der Waals surface area contributed by atoms with Gasteiger partial charge in [-0.25, -0.2) is 0 Å². The highest BCUT2D eigenvalue weighted by Gasteiger charge is 2.39. The summed E-state index contributed by atoms with van der Waals surface area (Å²) in [5.74, 6) is -1.07. The topological polar surface area (TPSA) is 129 Å². The van der Waals surface area contributed by atoms with E-state index < -0.39 is 5.92 Å². The number of hydrogen-bond donors (Lipinski definition) is 3. The fourth-order valence-corrected chi connectivity index (χ4v) is 4.67. The highest BCUT2D eigenvalue weighted by molar-refractivity contribution is 5.96. The molecular formula is C27H28N4O4. The van der Waals surface area contributed by atoms with Gasteiger partial charge in [-0.1, -0.05) is 30.3 Å². The number of methoxy groups -OCH3 is 1. The molecule has 8 nitrogen and oxygen atoms in total. The SMILES string of the molecule is COC(=O)[C@H](Cc1cccc(C(=N)N)c1)C1CCCN1C(=O)c1ccc(-c2ccc(=O)[nH]c2)cc1. The highest BCUT2D eigenvalue weighted by atomic mass is 16.5. The molecule has 0 radical (unpaired) electrons. The van der Waals surface area contributed by atoms with E-state index in [0.29, 0.717) is 30.5 Å². The molecule has 2 heterocycles. The molecule has 2 atom stereocenters. The van der Waals surface area contributed by atoms with Gasteiger partial charge in [-0.05, 0) is 60.2 Å². The number of rotatable bonds is 7. The number of nitrogens with one attached hydrogen (secondary N) is 2. The number of H-pyrrole nitrogens is 1. The van der Waals surface area contributed by atoms with Crippen LogP contribution in [0.1, 0.15) is 34.3 Å². The smallest absolute Gasteiger partial charge is 0.311 e. The quantitative estimate of drug-likeness (QED) is 0.277. The minimum Gasteiger partial charge on any atom is -0.469 e. The maximum absolute atomic E-state index is 13.4. The normalized spacial score (nSPS) is 16.0. The van der Waals surface area contributed by atoms with Gasteiger partial charge in [0.2, 0.25) is 5.56 Å². The lowest BCUT2D eigenvalue weighted by molar-refractivity contribution is -0.147. The van der Waals surface area contributed by atoms with Crippen LogP contribution in [0.15, 0.2) is 71.7 Å². The van der Waals surface area contributed by atoms with Crippen LogP contribution in [-0.4, -0.2) is 47.3 Å². The molecule has 1 aromatic heterocycles. The summed E-state index contributed by atoms with van der Waals surface area (Å²) in [7, 11) is 1.36. The Morgan fingerprint density at radius 1 is 1.11 bits per heavy atom. The van der Waals surface area contributed by atoms with Crippen molar-refractivity contribution in [2.45, 2.75) is 25.3 Å². The fraction of sp³-hybridized carbons (Fsp3) is 0.259. The van der Waals surface area contributed by atoms with Crippen molar-refractivity contribution in [3.05, 3.63) is 93.9 Å². The number of hydrogen-bond acceptors (Lipinski definition) is 5. The molecule has 1 amide bonds. The van der Waals surface area contributed by atoms with Crippen LogP contribution in [-0.2, 0) is 16.0 Å². The third-order valence-corrected chi connectivity index (χ3v) is 6.47. The van der Waals surface area contributed by atoms with Crippen LogP contribution < -0.4 is 11.3 Å². The molecule has 1 fully saturated rings. The molecule has 4 N–H and O–H groups in total. The van der Waals surface area contributed by atoms with Gasteiger partial charge in [0.05, 0.1) is 13.0 Å². The van der Waals surface area contributed by atoms with Gasteiger partial charge in [0.25, 0.3) is 5.91 Å². The van der Waals surface area contributed by atoms with Gasteiger partial charge in [-0.15, -0.1) is 0 Å². The molecule has 180 valence electrons. The minimum absolute atomic E-state index is 0.0375. The van der Waals surface area contributed by atoms with Gasteiger partial charge in [0, 0.05) is 36.0 Å². The van der Waals surface area contributed by atoms with Gasteiger partial charge in [-0.3, -0.25) is 19.8 Å². The first kappa shape index (κ1) is 23.9. The second-order valence-electron chi connectivity index (χ2n) is 8.67. The second kappa shape index (κ2) is 10.4. The van der Waals surface area contributed by atoms with E-state index in [1.54, 1.807) is 41.4 Å². The molecule has 8 heteroatoms. The van der Waals surface area contributed by atoms with Gasteiger partial charge in [0.1, 0.15) is 5.84 Å². The van der Waals surface area contributed by atoms with Crippen molar-refractivity contribution in [1.82, 2.24) is 9.88 Å².